The number of nitrogens with one attached hydrogen (secondary N) is 2. The number of aliphatic hydroxyl groups is 3. The van der Waals surface area contributed by atoms with Gasteiger partial charge in [-0.25, -0.2) is 27.2 Å². The van der Waals surface area contributed by atoms with Crippen molar-refractivity contribution in [3.63, 3.8) is 0 Å². The van der Waals surface area contributed by atoms with E-state index in [0.717, 1.165) is 40.9 Å². The molecule has 3 aromatic heterocycles. The predicted octanol–water partition coefficient (Wildman–Crippen LogP) is 3.76. The second-order valence-corrected chi connectivity index (χ2v) is 15.1. The van der Waals surface area contributed by atoms with Crippen LogP contribution in [0.25, 0.3) is 20.8 Å². The Balaban J connectivity index is 1.31. The Morgan fingerprint density at radius 1 is 1.02 bits per heavy atom. The molecule has 4 atom stereocenters. The average molecular weight is 661 g/mol. The molecule has 0 bridgehead atoms. The number of halogens is 2. The lowest BCUT2D eigenvalue weighted by molar-refractivity contribution is 0.0216. The van der Waals surface area contributed by atoms with Crippen molar-refractivity contribution in [2.45, 2.75) is 74.7 Å². The van der Waals surface area contributed by atoms with Gasteiger partial charge in [-0.2, -0.15) is 4.98 Å². The highest BCUT2D eigenvalue weighted by molar-refractivity contribution is 7.91. The normalized spacial score (nSPS) is 23.1. The number of rotatable bonds is 9. The first-order valence-electron chi connectivity index (χ1n) is 14.7. The summed E-state index contributed by atoms with van der Waals surface area (Å²) in [6.07, 6.45) is 2.10. The number of hydrogen-bond donors (Lipinski definition) is 5. The third-order valence-electron chi connectivity index (χ3n) is 8.66. The number of benzene rings is 1. The number of pyridine rings is 1. The molecule has 5 N–H and O–H groups in total. The Kier molecular flexibility index (Phi) is 8.50. The Bertz CT molecular complexity index is 1830. The van der Waals surface area contributed by atoms with Gasteiger partial charge in [0.2, 0.25) is 5.95 Å². The predicted molar refractivity (Wildman–Crippen MR) is 166 cm³/mol. The molecule has 2 aliphatic rings. The average Bonchev–Trinajstić information content (AvgIpc) is 3.67. The van der Waals surface area contributed by atoms with Crippen molar-refractivity contribution in [3.05, 3.63) is 53.5 Å². The maximum Gasteiger partial charge on any atom is 0.225 e. The van der Waals surface area contributed by atoms with Crippen molar-refractivity contribution in [3.8, 4) is 10.6 Å². The van der Waals surface area contributed by atoms with Gasteiger partial charge in [-0.3, -0.25) is 4.98 Å². The zero-order valence-electron chi connectivity index (χ0n) is 24.7. The standard InChI is InChI=1S/C30H34F2N6O5S2/c1-15-23(28-37-24-16(2)33-8-5-22(24)44-28)27(38-29(35-15)34-14-30(41)6-3-4-7-30)36-21-9-17(25(39)26(21)40)13-45(42,43)20-11-18(31)10-19(32)12-20/h5,8,10-12,17,21,25-26,39-41H,3-4,6-7,9,13-14H2,1-2H3,(H2,34,35,36,38)/t17-,21-,25-,26+/m1/s1. The number of fused-ring (bicyclic) bond motifs is 1. The van der Waals surface area contributed by atoms with E-state index in [2.05, 4.69) is 20.6 Å². The van der Waals surface area contributed by atoms with E-state index >= 15 is 0 Å². The topological polar surface area (TPSA) is 170 Å². The molecule has 0 unspecified atom stereocenters. The zero-order chi connectivity index (χ0) is 32.1. The van der Waals surface area contributed by atoms with Gasteiger partial charge < -0.3 is 26.0 Å². The fraction of sp³-hybridized carbons (Fsp3) is 0.467. The van der Waals surface area contributed by atoms with Gasteiger partial charge in [-0.15, -0.1) is 11.3 Å². The van der Waals surface area contributed by atoms with E-state index in [1.807, 2.05) is 13.0 Å². The van der Waals surface area contributed by atoms with Crippen molar-refractivity contribution in [2.24, 2.45) is 5.92 Å². The van der Waals surface area contributed by atoms with Crippen molar-refractivity contribution < 1.29 is 32.5 Å². The number of aliphatic hydroxyl groups excluding tert-OH is 2. The quantitative estimate of drug-likeness (QED) is 0.177. The van der Waals surface area contributed by atoms with Gasteiger partial charge in [0.25, 0.3) is 0 Å². The Hall–Kier alpha value is -3.37. The van der Waals surface area contributed by atoms with E-state index in [0.29, 0.717) is 41.0 Å². The molecule has 11 nitrogen and oxygen atoms in total. The summed E-state index contributed by atoms with van der Waals surface area (Å²) < 4.78 is 54.5. The highest BCUT2D eigenvalue weighted by atomic mass is 32.2. The molecule has 0 spiro atoms. The summed E-state index contributed by atoms with van der Waals surface area (Å²) >= 11 is 1.42. The van der Waals surface area contributed by atoms with Crippen LogP contribution in [-0.4, -0.2) is 79.8 Å². The summed E-state index contributed by atoms with van der Waals surface area (Å²) in [7, 11) is -4.20. The molecule has 0 saturated heterocycles. The van der Waals surface area contributed by atoms with Crippen LogP contribution in [0, 0.1) is 31.4 Å². The maximum atomic E-state index is 13.8. The van der Waals surface area contributed by atoms with Gasteiger partial charge in [0.05, 0.1) is 50.0 Å². The fourth-order valence-corrected chi connectivity index (χ4v) is 9.03. The fourth-order valence-electron chi connectivity index (χ4n) is 6.25. The molecule has 0 amide bonds. The molecule has 2 fully saturated rings. The highest BCUT2D eigenvalue weighted by Crippen LogP contribution is 2.39. The maximum absolute atomic E-state index is 13.8. The summed E-state index contributed by atoms with van der Waals surface area (Å²) in [6, 6.07) is 3.07. The SMILES string of the molecule is Cc1nc(NCC2(O)CCCC2)nc(N[C@@H]2C[C@H](CS(=O)(=O)c3cc(F)cc(F)c3)[C@@H](O)[C@H]2O)c1-c1nc2c(C)nccc2s1. The molecule has 2 saturated carbocycles. The van der Waals surface area contributed by atoms with Gasteiger partial charge in [0.15, 0.2) is 9.84 Å². The van der Waals surface area contributed by atoms with Gasteiger partial charge in [0.1, 0.15) is 34.1 Å². The molecule has 0 aliphatic heterocycles. The van der Waals surface area contributed by atoms with Gasteiger partial charge in [-0.1, -0.05) is 12.8 Å². The molecule has 45 heavy (non-hydrogen) atoms. The number of nitrogens with zero attached hydrogens (tertiary/aromatic N) is 4. The largest absolute Gasteiger partial charge is 0.390 e. The molecular formula is C30H34F2N6O5S2. The molecule has 1 aromatic carbocycles. The lowest BCUT2D eigenvalue weighted by Crippen LogP contribution is -2.36. The summed E-state index contributed by atoms with van der Waals surface area (Å²) in [6.45, 7) is 3.91. The smallest absolute Gasteiger partial charge is 0.225 e. The van der Waals surface area contributed by atoms with Crippen LogP contribution in [0.2, 0.25) is 0 Å². The van der Waals surface area contributed by atoms with Gasteiger partial charge >= 0.3 is 0 Å². The summed E-state index contributed by atoms with van der Waals surface area (Å²) in [5.74, 6) is -3.07. The van der Waals surface area contributed by atoms with E-state index in [-0.39, 0.29) is 18.9 Å². The molecule has 4 aromatic rings. The van der Waals surface area contributed by atoms with Gasteiger partial charge in [-0.05, 0) is 51.3 Å². The van der Waals surface area contributed by atoms with E-state index in [9.17, 15) is 32.5 Å². The molecule has 2 aliphatic carbocycles. The minimum absolute atomic E-state index is 0.0211. The molecule has 6 rings (SSSR count). The number of aromatic nitrogens is 4. The van der Waals surface area contributed by atoms with E-state index in [1.165, 1.54) is 11.3 Å². The van der Waals surface area contributed by atoms with Crippen molar-refractivity contribution >= 4 is 43.2 Å². The highest BCUT2D eigenvalue weighted by Gasteiger charge is 2.44. The van der Waals surface area contributed by atoms with Crippen LogP contribution < -0.4 is 10.6 Å². The Morgan fingerprint density at radius 3 is 2.42 bits per heavy atom. The first kappa shape index (κ1) is 31.6. The van der Waals surface area contributed by atoms with E-state index in [1.54, 1.807) is 13.1 Å². The van der Waals surface area contributed by atoms with E-state index in [4.69, 9.17) is 9.97 Å². The summed E-state index contributed by atoms with van der Waals surface area (Å²) in [4.78, 5) is 17.9. The van der Waals surface area contributed by atoms with Crippen LogP contribution in [-0.2, 0) is 9.84 Å². The van der Waals surface area contributed by atoms with Crippen molar-refractivity contribution in [1.82, 2.24) is 19.9 Å². The zero-order valence-corrected chi connectivity index (χ0v) is 26.3. The number of thiazole rings is 1. The van der Waals surface area contributed by atoms with Crippen LogP contribution >= 0.6 is 11.3 Å². The molecule has 240 valence electrons. The van der Waals surface area contributed by atoms with E-state index < -0.39 is 61.9 Å². The van der Waals surface area contributed by atoms with Crippen LogP contribution in [0.4, 0.5) is 20.5 Å². The first-order chi connectivity index (χ1) is 21.3. The van der Waals surface area contributed by atoms with Crippen molar-refractivity contribution in [1.29, 1.82) is 0 Å². The van der Waals surface area contributed by atoms with Crippen molar-refractivity contribution in [2.75, 3.05) is 22.9 Å². The second kappa shape index (κ2) is 12.1. The minimum Gasteiger partial charge on any atom is -0.390 e. The molecule has 0 radical (unpaired) electrons. The van der Waals surface area contributed by atoms with Crippen LogP contribution in [0.3, 0.4) is 0 Å². The summed E-state index contributed by atoms with van der Waals surface area (Å²) in [5, 5.41) is 39.7. The van der Waals surface area contributed by atoms with Crippen LogP contribution in [0.5, 0.6) is 0 Å². The molecular weight excluding hydrogens is 626 g/mol. The molecule has 15 heteroatoms. The van der Waals surface area contributed by atoms with Gasteiger partial charge in [0, 0.05) is 24.7 Å². The van der Waals surface area contributed by atoms with Crippen LogP contribution in [0.15, 0.2) is 35.4 Å². The number of hydrogen-bond acceptors (Lipinski definition) is 12. The van der Waals surface area contributed by atoms with Crippen LogP contribution in [0.1, 0.15) is 43.5 Å². The number of aryl methyl sites for hydroxylation is 2. The third kappa shape index (κ3) is 6.49. The minimum atomic E-state index is -4.20. The number of anilines is 2. The number of sulfone groups is 1. The Morgan fingerprint density at radius 2 is 1.73 bits per heavy atom. The molecule has 3 heterocycles. The lowest BCUT2D eigenvalue weighted by Gasteiger charge is -2.24. The third-order valence-corrected chi connectivity index (χ3v) is 11.5. The summed E-state index contributed by atoms with van der Waals surface area (Å²) in [5.41, 5.74) is 1.74. The second-order valence-electron chi connectivity index (χ2n) is 12.0. The lowest BCUT2D eigenvalue weighted by atomic mass is 10.0. The monoisotopic (exact) mass is 660 g/mol. The first-order valence-corrected chi connectivity index (χ1v) is 17.2. The Labute approximate surface area is 262 Å².